The van der Waals surface area contributed by atoms with Crippen molar-refractivity contribution in [1.82, 2.24) is 10.2 Å². The van der Waals surface area contributed by atoms with Crippen LogP contribution >= 0.6 is 0 Å². The van der Waals surface area contributed by atoms with Gasteiger partial charge in [-0.1, -0.05) is 24.6 Å². The molecule has 25 heavy (non-hydrogen) atoms. The summed E-state index contributed by atoms with van der Waals surface area (Å²) in [4.78, 5) is 37.3. The van der Waals surface area contributed by atoms with E-state index in [1.165, 1.54) is 12.0 Å². The molecule has 138 valence electrons. The number of amides is 3. The molecule has 1 aromatic rings. The van der Waals surface area contributed by atoms with Crippen LogP contribution in [0, 0.1) is 6.92 Å². The van der Waals surface area contributed by atoms with E-state index in [9.17, 15) is 14.4 Å². The largest absolute Gasteiger partial charge is 0.383 e. The van der Waals surface area contributed by atoms with E-state index in [0.29, 0.717) is 31.7 Å². The SMILES string of the molecule is CCCC(=O)N(CCOC)CC(=O)NCC(=O)Nc1ccc(C)cc1. The highest BCUT2D eigenvalue weighted by Crippen LogP contribution is 2.07. The Morgan fingerprint density at radius 3 is 2.40 bits per heavy atom. The highest BCUT2D eigenvalue weighted by molar-refractivity contribution is 5.95. The zero-order chi connectivity index (χ0) is 18.7. The van der Waals surface area contributed by atoms with E-state index in [4.69, 9.17) is 4.74 Å². The Morgan fingerprint density at radius 2 is 1.80 bits per heavy atom. The van der Waals surface area contributed by atoms with Gasteiger partial charge in [0.15, 0.2) is 0 Å². The van der Waals surface area contributed by atoms with Crippen LogP contribution in [0.5, 0.6) is 0 Å². The molecule has 0 saturated heterocycles. The van der Waals surface area contributed by atoms with Gasteiger partial charge >= 0.3 is 0 Å². The van der Waals surface area contributed by atoms with Crippen LogP contribution in [0.25, 0.3) is 0 Å². The number of methoxy groups -OCH3 is 1. The number of carbonyl (C=O) groups is 3. The van der Waals surface area contributed by atoms with Crippen LogP contribution in [-0.4, -0.2) is 56.0 Å². The van der Waals surface area contributed by atoms with Crippen molar-refractivity contribution < 1.29 is 19.1 Å². The third-order valence-electron chi connectivity index (χ3n) is 3.50. The van der Waals surface area contributed by atoms with Crippen molar-refractivity contribution in [2.24, 2.45) is 0 Å². The predicted molar refractivity (Wildman–Crippen MR) is 96.2 cm³/mol. The van der Waals surface area contributed by atoms with Crippen molar-refractivity contribution in [3.8, 4) is 0 Å². The summed E-state index contributed by atoms with van der Waals surface area (Å²) in [6, 6.07) is 7.37. The Kier molecular flexibility index (Phi) is 9.24. The molecule has 0 saturated carbocycles. The summed E-state index contributed by atoms with van der Waals surface area (Å²) in [7, 11) is 1.54. The van der Waals surface area contributed by atoms with E-state index in [0.717, 1.165) is 5.56 Å². The molecule has 7 heteroatoms. The molecule has 7 nitrogen and oxygen atoms in total. The first-order chi connectivity index (χ1) is 12.0. The van der Waals surface area contributed by atoms with Crippen LogP contribution in [-0.2, 0) is 19.1 Å². The summed E-state index contributed by atoms with van der Waals surface area (Å²) in [5, 5.41) is 5.23. The Morgan fingerprint density at radius 1 is 1.12 bits per heavy atom. The van der Waals surface area contributed by atoms with Crippen LogP contribution in [0.3, 0.4) is 0 Å². The lowest BCUT2D eigenvalue weighted by molar-refractivity contribution is -0.136. The number of ether oxygens (including phenoxy) is 1. The van der Waals surface area contributed by atoms with Gasteiger partial charge in [0, 0.05) is 25.8 Å². The molecule has 0 heterocycles. The van der Waals surface area contributed by atoms with E-state index in [1.54, 1.807) is 12.1 Å². The molecule has 3 amide bonds. The fraction of sp³-hybridized carbons (Fsp3) is 0.500. The topological polar surface area (TPSA) is 87.7 Å². The van der Waals surface area contributed by atoms with Crippen molar-refractivity contribution in [2.75, 3.05) is 38.7 Å². The highest BCUT2D eigenvalue weighted by atomic mass is 16.5. The highest BCUT2D eigenvalue weighted by Gasteiger charge is 2.16. The summed E-state index contributed by atoms with van der Waals surface area (Å²) >= 11 is 0. The summed E-state index contributed by atoms with van der Waals surface area (Å²) in [5.41, 5.74) is 1.77. The third-order valence-corrected chi connectivity index (χ3v) is 3.50. The van der Waals surface area contributed by atoms with E-state index in [1.807, 2.05) is 26.0 Å². The lowest BCUT2D eigenvalue weighted by Gasteiger charge is -2.21. The number of hydrogen-bond donors (Lipinski definition) is 2. The Hall–Kier alpha value is -2.41. The third kappa shape index (κ3) is 8.30. The van der Waals surface area contributed by atoms with E-state index in [2.05, 4.69) is 10.6 Å². The molecule has 2 N–H and O–H groups in total. The second-order valence-corrected chi connectivity index (χ2v) is 5.75. The van der Waals surface area contributed by atoms with Crippen molar-refractivity contribution >= 4 is 23.4 Å². The van der Waals surface area contributed by atoms with Crippen LogP contribution < -0.4 is 10.6 Å². The lowest BCUT2D eigenvalue weighted by atomic mass is 10.2. The molecule has 0 fully saturated rings. The second-order valence-electron chi connectivity index (χ2n) is 5.75. The van der Waals surface area contributed by atoms with Gasteiger partial charge in [-0.05, 0) is 25.5 Å². The Labute approximate surface area is 148 Å². The van der Waals surface area contributed by atoms with Crippen molar-refractivity contribution in [1.29, 1.82) is 0 Å². The molecular weight excluding hydrogens is 322 g/mol. The smallest absolute Gasteiger partial charge is 0.243 e. The molecule has 0 aromatic heterocycles. The molecule has 0 spiro atoms. The first kappa shape index (κ1) is 20.6. The summed E-state index contributed by atoms with van der Waals surface area (Å²) in [6.45, 7) is 4.34. The van der Waals surface area contributed by atoms with Gasteiger partial charge < -0.3 is 20.3 Å². The van der Waals surface area contributed by atoms with Crippen molar-refractivity contribution in [2.45, 2.75) is 26.7 Å². The number of aryl methyl sites for hydroxylation is 1. The predicted octanol–water partition coefficient (Wildman–Crippen LogP) is 1.32. The number of nitrogens with zero attached hydrogens (tertiary/aromatic N) is 1. The summed E-state index contributed by atoms with van der Waals surface area (Å²) in [6.07, 6.45) is 1.09. The minimum atomic E-state index is -0.375. The van der Waals surface area contributed by atoms with E-state index >= 15 is 0 Å². The van der Waals surface area contributed by atoms with Gasteiger partial charge in [-0.3, -0.25) is 14.4 Å². The average Bonchev–Trinajstić information content (AvgIpc) is 2.59. The quantitative estimate of drug-likeness (QED) is 0.667. The molecule has 0 unspecified atom stereocenters. The number of nitrogens with one attached hydrogen (secondary N) is 2. The molecule has 0 bridgehead atoms. The molecular formula is C18H27N3O4. The van der Waals surface area contributed by atoms with Gasteiger partial charge in [0.2, 0.25) is 17.7 Å². The number of hydrogen-bond acceptors (Lipinski definition) is 4. The first-order valence-corrected chi connectivity index (χ1v) is 8.36. The van der Waals surface area contributed by atoms with Crippen LogP contribution in [0.4, 0.5) is 5.69 Å². The number of carbonyl (C=O) groups excluding carboxylic acids is 3. The van der Waals surface area contributed by atoms with Crippen LogP contribution in [0.15, 0.2) is 24.3 Å². The molecule has 0 aliphatic carbocycles. The molecule has 0 aliphatic heterocycles. The fourth-order valence-corrected chi connectivity index (χ4v) is 2.12. The molecule has 0 radical (unpaired) electrons. The summed E-state index contributed by atoms with van der Waals surface area (Å²) < 4.78 is 4.97. The number of anilines is 1. The van der Waals surface area contributed by atoms with Crippen LogP contribution in [0.1, 0.15) is 25.3 Å². The monoisotopic (exact) mass is 349 g/mol. The first-order valence-electron chi connectivity index (χ1n) is 8.36. The number of benzene rings is 1. The Bertz CT molecular complexity index is 572. The normalized spacial score (nSPS) is 10.2. The standard InChI is InChI=1S/C18H27N3O4/c1-4-5-18(24)21(10-11-25-3)13-17(23)19-12-16(22)20-15-8-6-14(2)7-9-15/h6-9H,4-5,10-13H2,1-3H3,(H,19,23)(H,20,22). The van der Waals surface area contributed by atoms with Gasteiger partial charge in [-0.15, -0.1) is 0 Å². The fourth-order valence-electron chi connectivity index (χ4n) is 2.12. The maximum Gasteiger partial charge on any atom is 0.243 e. The van der Waals surface area contributed by atoms with E-state index in [-0.39, 0.29) is 30.8 Å². The maximum absolute atomic E-state index is 12.0. The number of rotatable bonds is 10. The van der Waals surface area contributed by atoms with Gasteiger partial charge in [0.05, 0.1) is 19.7 Å². The maximum atomic E-state index is 12.0. The molecule has 0 aliphatic rings. The second kappa shape index (κ2) is 11.2. The molecule has 1 aromatic carbocycles. The molecule has 1 rings (SSSR count). The molecule has 0 atom stereocenters. The van der Waals surface area contributed by atoms with E-state index < -0.39 is 0 Å². The lowest BCUT2D eigenvalue weighted by Crippen LogP contribution is -2.44. The van der Waals surface area contributed by atoms with Crippen molar-refractivity contribution in [3.05, 3.63) is 29.8 Å². The summed E-state index contributed by atoms with van der Waals surface area (Å²) in [5.74, 6) is -0.793. The van der Waals surface area contributed by atoms with Crippen molar-refractivity contribution in [3.63, 3.8) is 0 Å². The van der Waals surface area contributed by atoms with Gasteiger partial charge in [0.1, 0.15) is 0 Å². The average molecular weight is 349 g/mol. The van der Waals surface area contributed by atoms with Gasteiger partial charge in [-0.25, -0.2) is 0 Å². The minimum Gasteiger partial charge on any atom is -0.383 e. The zero-order valence-electron chi connectivity index (χ0n) is 15.1. The Balaban J connectivity index is 2.43. The van der Waals surface area contributed by atoms with Gasteiger partial charge in [0.25, 0.3) is 0 Å². The minimum absolute atomic E-state index is 0.0833. The van der Waals surface area contributed by atoms with Crippen LogP contribution in [0.2, 0.25) is 0 Å². The van der Waals surface area contributed by atoms with Gasteiger partial charge in [-0.2, -0.15) is 0 Å². The zero-order valence-corrected chi connectivity index (χ0v) is 15.1.